The number of carbonyl (C=O) groups is 1. The molecule has 0 amide bonds. The van der Waals surface area contributed by atoms with Crippen molar-refractivity contribution in [2.24, 2.45) is 0 Å². The number of hydrogen-bond donors (Lipinski definition) is 0. The number of carbonyl (C=O) groups excluding carboxylic acids is 1. The summed E-state index contributed by atoms with van der Waals surface area (Å²) >= 11 is 13.0. The first-order valence-corrected chi connectivity index (χ1v) is 9.29. The molecule has 1 aromatic heterocycles. The highest BCUT2D eigenvalue weighted by Gasteiger charge is 2.15. The van der Waals surface area contributed by atoms with Crippen LogP contribution in [-0.4, -0.2) is 5.97 Å². The maximum absolute atomic E-state index is 11.9. The first-order valence-electron chi connectivity index (χ1n) is 7.71. The maximum atomic E-state index is 11.9. The van der Waals surface area contributed by atoms with E-state index in [-0.39, 0.29) is 5.97 Å². The summed E-state index contributed by atoms with van der Waals surface area (Å²) in [4.78, 5) is 23.2. The Kier molecular flexibility index (Phi) is 5.47. The molecule has 1 heterocycles. The zero-order chi connectivity index (χ0) is 18.0. The lowest BCUT2D eigenvalue weighted by molar-refractivity contribution is -0.134. The van der Waals surface area contributed by atoms with Crippen molar-refractivity contribution in [1.82, 2.24) is 0 Å². The van der Waals surface area contributed by atoms with Gasteiger partial charge in [-0.1, -0.05) is 53.9 Å². The molecule has 0 atom stereocenters. The molecule has 0 saturated carbocycles. The average Bonchev–Trinajstić information content (AvgIpc) is 2.95. The lowest BCUT2D eigenvalue weighted by atomic mass is 10.0. The third-order valence-electron chi connectivity index (χ3n) is 3.60. The number of hydrogen-bond acceptors (Lipinski definition) is 5. The Morgan fingerprint density at radius 3 is 2.72 bits per heavy atom. The molecule has 0 aliphatic rings. The molecule has 3 aromatic rings. The van der Waals surface area contributed by atoms with Gasteiger partial charge in [-0.3, -0.25) is 4.79 Å². The van der Waals surface area contributed by atoms with Gasteiger partial charge in [0.05, 0.1) is 14.7 Å². The highest BCUT2D eigenvalue weighted by molar-refractivity contribution is 7.16. The molecule has 0 unspecified atom stereocenters. The van der Waals surface area contributed by atoms with Crippen molar-refractivity contribution in [3.8, 4) is 16.9 Å². The van der Waals surface area contributed by atoms with Crippen LogP contribution in [0.15, 0.2) is 39.5 Å². The van der Waals surface area contributed by atoms with Gasteiger partial charge in [-0.2, -0.15) is 0 Å². The normalized spacial score (nSPS) is 11.0. The molecule has 0 aliphatic heterocycles. The fraction of sp³-hybridized carbons (Fsp3) is 0.222. The van der Waals surface area contributed by atoms with E-state index in [9.17, 15) is 9.59 Å². The highest BCUT2D eigenvalue weighted by atomic mass is 35.5. The number of ether oxygens (including phenoxy) is 1. The average molecular weight is 397 g/mol. The van der Waals surface area contributed by atoms with Crippen molar-refractivity contribution in [3.63, 3.8) is 0 Å². The van der Waals surface area contributed by atoms with Crippen LogP contribution in [0.3, 0.4) is 0 Å². The van der Waals surface area contributed by atoms with Crippen molar-refractivity contribution in [2.75, 3.05) is 0 Å². The van der Waals surface area contributed by atoms with Crippen LogP contribution in [0.1, 0.15) is 26.2 Å². The smallest absolute Gasteiger partial charge is 0.396 e. The number of halogens is 2. The predicted octanol–water partition coefficient (Wildman–Crippen LogP) is 5.92. The van der Waals surface area contributed by atoms with Crippen molar-refractivity contribution >= 4 is 50.8 Å². The second-order valence-electron chi connectivity index (χ2n) is 5.46. The lowest BCUT2D eigenvalue weighted by Crippen LogP contribution is -2.07. The maximum Gasteiger partial charge on any atom is 0.396 e. The molecule has 0 radical (unpaired) electrons. The number of fused-ring (bicyclic) bond motifs is 1. The Morgan fingerprint density at radius 1 is 1.20 bits per heavy atom. The minimum atomic E-state index is -0.425. The Labute approximate surface area is 157 Å². The summed E-state index contributed by atoms with van der Waals surface area (Å²) in [5.41, 5.74) is 1.77. The molecule has 130 valence electrons. The number of rotatable bonds is 5. The van der Waals surface area contributed by atoms with Gasteiger partial charge in [0.25, 0.3) is 0 Å². The summed E-state index contributed by atoms with van der Waals surface area (Å²) in [6.07, 6.45) is 2.02. The van der Waals surface area contributed by atoms with Crippen LogP contribution in [0, 0.1) is 0 Å². The van der Waals surface area contributed by atoms with Gasteiger partial charge in [0.2, 0.25) is 0 Å². The van der Waals surface area contributed by atoms with Gasteiger partial charge in [0.15, 0.2) is 5.58 Å². The number of benzene rings is 2. The fourth-order valence-corrected chi connectivity index (χ4v) is 3.41. The second kappa shape index (κ2) is 7.60. The van der Waals surface area contributed by atoms with Crippen molar-refractivity contribution in [3.05, 3.63) is 50.1 Å². The monoisotopic (exact) mass is 396 g/mol. The van der Waals surface area contributed by atoms with Crippen LogP contribution in [0.2, 0.25) is 10.0 Å². The van der Waals surface area contributed by atoms with Crippen LogP contribution in [0.4, 0.5) is 0 Å². The van der Waals surface area contributed by atoms with E-state index in [1.54, 1.807) is 30.3 Å². The van der Waals surface area contributed by atoms with Crippen LogP contribution >= 0.6 is 34.5 Å². The summed E-state index contributed by atoms with van der Waals surface area (Å²) in [7, 11) is 0. The minimum Gasteiger partial charge on any atom is -0.426 e. The molecular weight excluding hydrogens is 383 g/mol. The zero-order valence-corrected chi connectivity index (χ0v) is 15.6. The van der Waals surface area contributed by atoms with Crippen LogP contribution < -0.4 is 9.68 Å². The standard InChI is InChI=1S/C18H14Cl2O4S/c1-2-3-4-16(21)23-11-8-12(10-5-6-13(19)14(20)7-10)17-15(9-11)25-18(22)24-17/h5-9H,2-4H2,1H3. The first-order chi connectivity index (χ1) is 12.0. The van der Waals surface area contributed by atoms with Crippen LogP contribution in [0.5, 0.6) is 5.75 Å². The molecule has 0 bridgehead atoms. The first kappa shape index (κ1) is 18.0. The molecule has 3 rings (SSSR count). The summed E-state index contributed by atoms with van der Waals surface area (Å²) in [5, 5.41) is 0.811. The lowest BCUT2D eigenvalue weighted by Gasteiger charge is -2.08. The molecule has 7 heteroatoms. The third-order valence-corrected chi connectivity index (χ3v) is 5.12. The number of esters is 1. The van der Waals surface area contributed by atoms with Crippen molar-refractivity contribution in [1.29, 1.82) is 0 Å². The van der Waals surface area contributed by atoms with E-state index in [0.717, 1.165) is 24.2 Å². The van der Waals surface area contributed by atoms with Crippen molar-refractivity contribution in [2.45, 2.75) is 26.2 Å². The van der Waals surface area contributed by atoms with Gasteiger partial charge in [0, 0.05) is 18.1 Å². The van der Waals surface area contributed by atoms with Crippen LogP contribution in [0.25, 0.3) is 21.4 Å². The van der Waals surface area contributed by atoms with E-state index in [2.05, 4.69) is 0 Å². The molecule has 2 aromatic carbocycles. The molecule has 0 fully saturated rings. The van der Waals surface area contributed by atoms with E-state index < -0.39 is 4.94 Å². The largest absolute Gasteiger partial charge is 0.426 e. The fourth-order valence-electron chi connectivity index (χ4n) is 2.39. The molecule has 4 nitrogen and oxygen atoms in total. The Hall–Kier alpha value is -1.82. The second-order valence-corrected chi connectivity index (χ2v) is 7.25. The molecule has 0 saturated heterocycles. The van der Waals surface area contributed by atoms with E-state index in [1.807, 2.05) is 6.92 Å². The van der Waals surface area contributed by atoms with E-state index >= 15 is 0 Å². The Morgan fingerprint density at radius 2 is 2.00 bits per heavy atom. The Bertz CT molecular complexity index is 990. The molecule has 0 spiro atoms. The minimum absolute atomic E-state index is 0.308. The van der Waals surface area contributed by atoms with Crippen LogP contribution in [-0.2, 0) is 4.79 Å². The zero-order valence-electron chi connectivity index (χ0n) is 13.3. The molecule has 0 aliphatic carbocycles. The van der Waals surface area contributed by atoms with Gasteiger partial charge in [-0.05, 0) is 30.2 Å². The van der Waals surface area contributed by atoms with E-state index in [0.29, 0.717) is 43.6 Å². The van der Waals surface area contributed by atoms with Gasteiger partial charge in [-0.25, -0.2) is 4.79 Å². The summed E-state index contributed by atoms with van der Waals surface area (Å²) in [6, 6.07) is 8.41. The SMILES string of the molecule is CCCCC(=O)Oc1cc(-c2ccc(Cl)c(Cl)c2)c2oc(=O)sc2c1. The molecular formula is C18H14Cl2O4S. The Balaban J connectivity index is 2.07. The summed E-state index contributed by atoms with van der Waals surface area (Å²) < 4.78 is 11.3. The molecule has 0 N–H and O–H groups in total. The van der Waals surface area contributed by atoms with E-state index in [4.69, 9.17) is 32.4 Å². The van der Waals surface area contributed by atoms with E-state index in [1.165, 1.54) is 0 Å². The number of unbranched alkanes of at least 4 members (excludes halogenated alkanes) is 1. The highest BCUT2D eigenvalue weighted by Crippen LogP contribution is 2.36. The third kappa shape index (κ3) is 4.06. The topological polar surface area (TPSA) is 56.5 Å². The van der Waals surface area contributed by atoms with Gasteiger partial charge in [0.1, 0.15) is 5.75 Å². The van der Waals surface area contributed by atoms with Gasteiger partial charge in [-0.15, -0.1) is 0 Å². The predicted molar refractivity (Wildman–Crippen MR) is 101 cm³/mol. The molecule has 25 heavy (non-hydrogen) atoms. The summed E-state index contributed by atoms with van der Waals surface area (Å²) in [6.45, 7) is 2.00. The van der Waals surface area contributed by atoms with Crippen molar-refractivity contribution < 1.29 is 13.9 Å². The van der Waals surface area contributed by atoms with Gasteiger partial charge < -0.3 is 9.15 Å². The quantitative estimate of drug-likeness (QED) is 0.396. The summed E-state index contributed by atoms with van der Waals surface area (Å²) in [5.74, 6) is 0.0591. The van der Waals surface area contributed by atoms with Gasteiger partial charge >= 0.3 is 10.9 Å².